The predicted molar refractivity (Wildman–Crippen MR) is 118 cm³/mol. The molecule has 4 rings (SSSR count). The number of ketones is 1. The number of hydrogen-bond donors (Lipinski definition) is 1. The van der Waals surface area contributed by atoms with Crippen LogP contribution in [0.15, 0.2) is 53.4 Å². The summed E-state index contributed by atoms with van der Waals surface area (Å²) in [5.41, 5.74) is 0.818. The highest BCUT2D eigenvalue weighted by molar-refractivity contribution is 7.89. The maximum Gasteiger partial charge on any atom is 0.292 e. The summed E-state index contributed by atoms with van der Waals surface area (Å²) in [6.45, 7) is 2.75. The monoisotopic (exact) mass is 476 g/mol. The first-order valence-corrected chi connectivity index (χ1v) is 12.1. The highest BCUT2D eigenvalue weighted by Crippen LogP contribution is 2.24. The van der Waals surface area contributed by atoms with Crippen LogP contribution in [0.25, 0.3) is 0 Å². The molecule has 168 valence electrons. The Morgan fingerprint density at radius 2 is 1.72 bits per heavy atom. The SMILES string of the molecule is CC(=O)c1cccc(N2C(=O)C[C@H]([NH+]3CCN(S(=O)(=O)c4ccc(Cl)cc4)CC3)C2=O)c1. The molecule has 2 aliphatic heterocycles. The summed E-state index contributed by atoms with van der Waals surface area (Å²) >= 11 is 5.85. The summed E-state index contributed by atoms with van der Waals surface area (Å²) in [5.74, 6) is -0.782. The summed E-state index contributed by atoms with van der Waals surface area (Å²) in [6, 6.07) is 11.9. The fourth-order valence-electron chi connectivity index (χ4n) is 4.20. The molecule has 0 unspecified atom stereocenters. The third kappa shape index (κ3) is 4.21. The molecule has 0 saturated carbocycles. The molecule has 0 bridgehead atoms. The third-order valence-corrected chi connectivity index (χ3v) is 8.13. The van der Waals surface area contributed by atoms with Crippen LogP contribution in [0, 0.1) is 0 Å². The maximum atomic E-state index is 13.1. The highest BCUT2D eigenvalue weighted by Gasteiger charge is 2.47. The second kappa shape index (κ2) is 8.74. The maximum absolute atomic E-state index is 13.1. The largest absolute Gasteiger partial charge is 0.322 e. The van der Waals surface area contributed by atoms with E-state index in [-0.39, 0.29) is 42.0 Å². The number of halogens is 1. The molecule has 1 N–H and O–H groups in total. The van der Waals surface area contributed by atoms with Crippen LogP contribution in [0.3, 0.4) is 0 Å². The van der Waals surface area contributed by atoms with Gasteiger partial charge >= 0.3 is 0 Å². The Morgan fingerprint density at radius 3 is 2.34 bits per heavy atom. The second-order valence-electron chi connectivity index (χ2n) is 7.95. The van der Waals surface area contributed by atoms with E-state index >= 15 is 0 Å². The molecule has 2 aromatic rings. The van der Waals surface area contributed by atoms with Crippen molar-refractivity contribution in [3.05, 3.63) is 59.1 Å². The van der Waals surface area contributed by atoms with Gasteiger partial charge in [0.05, 0.1) is 43.2 Å². The first-order chi connectivity index (χ1) is 15.2. The number of Topliss-reactive ketones (excluding diaryl/α,β-unsaturated/α-hetero) is 1. The Morgan fingerprint density at radius 1 is 1.06 bits per heavy atom. The van der Waals surface area contributed by atoms with Crippen molar-refractivity contribution in [1.82, 2.24) is 4.31 Å². The number of sulfonamides is 1. The second-order valence-corrected chi connectivity index (χ2v) is 10.3. The fraction of sp³-hybridized carbons (Fsp3) is 0.318. The lowest BCUT2D eigenvalue weighted by atomic mass is 10.1. The number of anilines is 1. The van der Waals surface area contributed by atoms with Gasteiger partial charge in [-0.2, -0.15) is 4.31 Å². The van der Waals surface area contributed by atoms with Crippen molar-refractivity contribution in [2.45, 2.75) is 24.3 Å². The van der Waals surface area contributed by atoms with Crippen LogP contribution in [0.5, 0.6) is 0 Å². The topological polar surface area (TPSA) is 96.3 Å². The zero-order chi connectivity index (χ0) is 23.0. The van der Waals surface area contributed by atoms with Crippen molar-refractivity contribution in [3.8, 4) is 0 Å². The van der Waals surface area contributed by atoms with Gasteiger partial charge in [-0.25, -0.2) is 13.3 Å². The smallest absolute Gasteiger partial charge is 0.292 e. The Bertz CT molecular complexity index is 1170. The minimum Gasteiger partial charge on any atom is -0.322 e. The van der Waals surface area contributed by atoms with Crippen LogP contribution in [0.2, 0.25) is 5.02 Å². The molecule has 2 heterocycles. The first-order valence-electron chi connectivity index (χ1n) is 10.3. The standard InChI is InChI=1S/C22H22ClN3O5S/c1-15(27)16-3-2-4-18(13-16)26-21(28)14-20(22(26)29)24-9-11-25(12-10-24)32(30,31)19-7-5-17(23)6-8-19/h2-8,13,20H,9-12,14H2,1H3/p+1/t20-/m0/s1. The molecule has 0 spiro atoms. The van der Waals surface area contributed by atoms with Crippen LogP contribution < -0.4 is 9.80 Å². The Hall–Kier alpha value is -2.59. The van der Waals surface area contributed by atoms with Crippen LogP contribution >= 0.6 is 11.6 Å². The molecular weight excluding hydrogens is 454 g/mol. The molecule has 0 radical (unpaired) electrons. The van der Waals surface area contributed by atoms with Crippen LogP contribution in [0.1, 0.15) is 23.7 Å². The number of carbonyl (C=O) groups is 3. The van der Waals surface area contributed by atoms with E-state index in [1.807, 2.05) is 0 Å². The number of nitrogens with one attached hydrogen (secondary N) is 1. The summed E-state index contributed by atoms with van der Waals surface area (Å²) in [7, 11) is -3.65. The zero-order valence-electron chi connectivity index (χ0n) is 17.5. The van der Waals surface area contributed by atoms with E-state index < -0.39 is 16.1 Å². The molecule has 0 aliphatic carbocycles. The molecular formula is C22H23ClN3O5S+. The van der Waals surface area contributed by atoms with Crippen molar-refractivity contribution < 1.29 is 27.7 Å². The van der Waals surface area contributed by atoms with Gasteiger partial charge in [0.25, 0.3) is 5.91 Å². The van der Waals surface area contributed by atoms with Gasteiger partial charge in [-0.15, -0.1) is 0 Å². The van der Waals surface area contributed by atoms with Crippen molar-refractivity contribution in [2.24, 2.45) is 0 Å². The van der Waals surface area contributed by atoms with E-state index in [0.29, 0.717) is 29.4 Å². The van der Waals surface area contributed by atoms with Gasteiger partial charge < -0.3 is 4.90 Å². The molecule has 2 amide bonds. The third-order valence-electron chi connectivity index (χ3n) is 5.97. The minimum absolute atomic E-state index is 0.0579. The Kier molecular flexibility index (Phi) is 6.17. The van der Waals surface area contributed by atoms with Gasteiger partial charge in [-0.1, -0.05) is 23.7 Å². The van der Waals surface area contributed by atoms with Crippen molar-refractivity contribution in [2.75, 3.05) is 31.1 Å². The number of quaternary nitrogens is 1. The van der Waals surface area contributed by atoms with E-state index in [4.69, 9.17) is 11.6 Å². The van der Waals surface area contributed by atoms with E-state index in [2.05, 4.69) is 0 Å². The minimum atomic E-state index is -3.65. The fourth-order valence-corrected chi connectivity index (χ4v) is 5.77. The van der Waals surface area contributed by atoms with Gasteiger partial charge in [0.2, 0.25) is 15.9 Å². The summed E-state index contributed by atoms with van der Waals surface area (Å²) in [4.78, 5) is 39.6. The number of piperazine rings is 1. The summed E-state index contributed by atoms with van der Waals surface area (Å²) < 4.78 is 27.2. The molecule has 2 aromatic carbocycles. The molecule has 0 aromatic heterocycles. The zero-order valence-corrected chi connectivity index (χ0v) is 19.0. The molecule has 2 saturated heterocycles. The van der Waals surface area contributed by atoms with Crippen molar-refractivity contribution in [3.63, 3.8) is 0 Å². The number of nitrogens with zero attached hydrogens (tertiary/aromatic N) is 2. The number of rotatable bonds is 5. The van der Waals surface area contributed by atoms with E-state index in [1.54, 1.807) is 24.3 Å². The lowest BCUT2D eigenvalue weighted by Crippen LogP contribution is -3.19. The Labute approximate surface area is 191 Å². The van der Waals surface area contributed by atoms with Gasteiger partial charge in [0, 0.05) is 10.6 Å². The van der Waals surface area contributed by atoms with Crippen LogP contribution in [0.4, 0.5) is 5.69 Å². The Balaban J connectivity index is 1.46. The average Bonchev–Trinajstić information content (AvgIpc) is 3.08. The molecule has 8 nitrogen and oxygen atoms in total. The number of hydrogen-bond acceptors (Lipinski definition) is 5. The summed E-state index contributed by atoms with van der Waals surface area (Å²) in [5, 5.41) is 0.459. The molecule has 1 atom stereocenters. The van der Waals surface area contributed by atoms with Gasteiger partial charge in [0.1, 0.15) is 0 Å². The molecule has 2 fully saturated rings. The number of carbonyl (C=O) groups excluding carboxylic acids is 3. The average molecular weight is 477 g/mol. The van der Waals surface area contributed by atoms with E-state index in [0.717, 1.165) is 9.80 Å². The first kappa shape index (κ1) is 22.6. The van der Waals surface area contributed by atoms with Crippen LogP contribution in [-0.4, -0.2) is 62.5 Å². The van der Waals surface area contributed by atoms with Gasteiger partial charge in [-0.05, 0) is 43.3 Å². The molecule has 2 aliphatic rings. The number of benzene rings is 2. The quantitative estimate of drug-likeness (QED) is 0.508. The number of amides is 2. The van der Waals surface area contributed by atoms with Gasteiger partial charge in [0.15, 0.2) is 11.8 Å². The van der Waals surface area contributed by atoms with Gasteiger partial charge in [-0.3, -0.25) is 14.4 Å². The normalized spacial score (nSPS) is 20.7. The summed E-state index contributed by atoms with van der Waals surface area (Å²) in [6.07, 6.45) is 0.0579. The van der Waals surface area contributed by atoms with Crippen molar-refractivity contribution in [1.29, 1.82) is 0 Å². The molecule has 32 heavy (non-hydrogen) atoms. The predicted octanol–water partition coefficient (Wildman–Crippen LogP) is 0.764. The number of imide groups is 1. The van der Waals surface area contributed by atoms with E-state index in [9.17, 15) is 22.8 Å². The highest BCUT2D eigenvalue weighted by atomic mass is 35.5. The van der Waals surface area contributed by atoms with Crippen molar-refractivity contribution >= 4 is 44.9 Å². The lowest BCUT2D eigenvalue weighted by Gasteiger charge is -2.33. The van der Waals surface area contributed by atoms with E-state index in [1.165, 1.54) is 35.5 Å². The molecule has 10 heteroatoms. The lowest BCUT2D eigenvalue weighted by molar-refractivity contribution is -0.918. The van der Waals surface area contributed by atoms with Crippen LogP contribution in [-0.2, 0) is 19.6 Å².